The molecule has 10 nitrogen and oxygen atoms in total. The van der Waals surface area contributed by atoms with Crippen LogP contribution in [0.2, 0.25) is 0 Å². The second kappa shape index (κ2) is 11.8. The zero-order chi connectivity index (χ0) is 28.1. The minimum absolute atomic E-state index is 0.133. The van der Waals surface area contributed by atoms with E-state index in [1.807, 2.05) is 44.3 Å². The van der Waals surface area contributed by atoms with Crippen molar-refractivity contribution in [2.24, 2.45) is 4.99 Å². The molecule has 0 aliphatic carbocycles. The monoisotopic (exact) mass is 532 g/mol. The number of aryl methyl sites for hydroxylation is 2. The first-order chi connectivity index (χ1) is 19.5. The molecule has 5 rings (SSSR count). The number of fused-ring (bicyclic) bond motifs is 1. The first kappa shape index (κ1) is 26.6. The zero-order valence-electron chi connectivity index (χ0n) is 23.1. The summed E-state index contributed by atoms with van der Waals surface area (Å²) in [6.07, 6.45) is 3.75. The van der Waals surface area contributed by atoms with E-state index in [9.17, 15) is 0 Å². The summed E-state index contributed by atoms with van der Waals surface area (Å²) in [6, 6.07) is 20.9. The van der Waals surface area contributed by atoms with Crippen LogP contribution in [0.5, 0.6) is 0 Å². The number of guanidine groups is 1. The lowest BCUT2D eigenvalue weighted by atomic mass is 9.98. The van der Waals surface area contributed by atoms with Gasteiger partial charge in [0, 0.05) is 30.3 Å². The fourth-order valence-corrected chi connectivity index (χ4v) is 4.85. The molecule has 202 valence electrons. The number of aliphatic imine (C=N–C) groups is 1. The number of rotatable bonds is 8. The number of anilines is 1. The molecule has 0 saturated heterocycles. The molecule has 3 N–H and O–H groups in total. The summed E-state index contributed by atoms with van der Waals surface area (Å²) in [7, 11) is 0. The largest absolute Gasteiger partial charge is 0.353 e. The van der Waals surface area contributed by atoms with Crippen molar-refractivity contribution < 1.29 is 0 Å². The number of nitriles is 1. The van der Waals surface area contributed by atoms with Crippen molar-refractivity contribution in [2.75, 3.05) is 5.32 Å². The fraction of sp³-hybridized carbons (Fsp3) is 0.267. The molecule has 0 aliphatic rings. The maximum absolute atomic E-state index is 9.14. The van der Waals surface area contributed by atoms with Crippen LogP contribution in [-0.4, -0.2) is 42.2 Å². The van der Waals surface area contributed by atoms with Gasteiger partial charge in [-0.2, -0.15) is 5.26 Å². The maximum Gasteiger partial charge on any atom is 0.211 e. The summed E-state index contributed by atoms with van der Waals surface area (Å²) in [5.41, 5.74) is 8.20. The zero-order valence-corrected chi connectivity index (χ0v) is 23.1. The number of nitrogens with zero attached hydrogens (tertiary/aromatic N) is 7. The van der Waals surface area contributed by atoms with Crippen LogP contribution in [0.3, 0.4) is 0 Å². The molecule has 0 fully saturated rings. The molecule has 0 bridgehead atoms. The van der Waals surface area contributed by atoms with Gasteiger partial charge in [-0.1, -0.05) is 55.5 Å². The number of hydrogen-bond donors (Lipinski definition) is 3. The SMILES string of the molecule is CCCc1nc2c(C)cc(N/C(=N\C#N)NC(C)C)cc2n1Cc1ccc(-c2ccccc2-c2nnn[nH]2)cc1. The highest BCUT2D eigenvalue weighted by atomic mass is 15.5. The number of aromatic nitrogens is 6. The molecule has 0 saturated carbocycles. The van der Waals surface area contributed by atoms with Crippen molar-refractivity contribution in [2.45, 2.75) is 53.1 Å². The van der Waals surface area contributed by atoms with E-state index >= 15 is 0 Å². The summed E-state index contributed by atoms with van der Waals surface area (Å²) in [6.45, 7) is 8.93. The van der Waals surface area contributed by atoms with Crippen LogP contribution in [0.1, 0.15) is 44.1 Å². The Morgan fingerprint density at radius 1 is 1.10 bits per heavy atom. The van der Waals surface area contributed by atoms with Gasteiger partial charge in [-0.05, 0) is 72.0 Å². The predicted octanol–water partition coefficient (Wildman–Crippen LogP) is 5.44. The molecule has 0 unspecified atom stereocenters. The minimum atomic E-state index is 0.133. The van der Waals surface area contributed by atoms with E-state index in [1.54, 1.807) is 0 Å². The van der Waals surface area contributed by atoms with Gasteiger partial charge in [-0.25, -0.2) is 10.1 Å². The topological polar surface area (TPSA) is 132 Å². The molecule has 2 aromatic heterocycles. The fourth-order valence-electron chi connectivity index (χ4n) is 4.85. The van der Waals surface area contributed by atoms with Crippen LogP contribution in [0.25, 0.3) is 33.5 Å². The molecule has 10 heteroatoms. The number of H-pyrrole nitrogens is 1. The Morgan fingerprint density at radius 3 is 2.55 bits per heavy atom. The number of aromatic amines is 1. The molecule has 0 amide bonds. The third-order valence-corrected chi connectivity index (χ3v) is 6.58. The van der Waals surface area contributed by atoms with E-state index in [0.717, 1.165) is 57.6 Å². The number of hydrogen-bond acceptors (Lipinski definition) is 6. The highest BCUT2D eigenvalue weighted by molar-refractivity contribution is 5.96. The molecule has 3 aromatic carbocycles. The molecule has 2 heterocycles. The van der Waals surface area contributed by atoms with Crippen LogP contribution in [-0.2, 0) is 13.0 Å². The molecule has 40 heavy (non-hydrogen) atoms. The number of imidazole rings is 1. The van der Waals surface area contributed by atoms with Gasteiger partial charge >= 0.3 is 0 Å². The van der Waals surface area contributed by atoms with E-state index in [2.05, 4.69) is 91.1 Å². The van der Waals surface area contributed by atoms with Crippen molar-refractivity contribution in [1.29, 1.82) is 5.26 Å². The van der Waals surface area contributed by atoms with Crippen LogP contribution in [0.4, 0.5) is 5.69 Å². The molecular weight excluding hydrogens is 500 g/mol. The third-order valence-electron chi connectivity index (χ3n) is 6.58. The van der Waals surface area contributed by atoms with E-state index in [1.165, 1.54) is 5.56 Å². The lowest BCUT2D eigenvalue weighted by Gasteiger charge is -2.15. The third kappa shape index (κ3) is 5.68. The Kier molecular flexibility index (Phi) is 7.82. The molecule has 0 spiro atoms. The lowest BCUT2D eigenvalue weighted by molar-refractivity contribution is 0.722. The predicted molar refractivity (Wildman–Crippen MR) is 158 cm³/mol. The average Bonchev–Trinajstić information content (AvgIpc) is 3.59. The Balaban J connectivity index is 1.48. The Bertz CT molecular complexity index is 1670. The summed E-state index contributed by atoms with van der Waals surface area (Å²) >= 11 is 0. The van der Waals surface area contributed by atoms with E-state index in [4.69, 9.17) is 10.2 Å². The molecule has 0 atom stereocenters. The second-order valence-corrected chi connectivity index (χ2v) is 10.0. The average molecular weight is 533 g/mol. The van der Waals surface area contributed by atoms with Gasteiger partial charge in [0.1, 0.15) is 5.82 Å². The number of benzene rings is 3. The van der Waals surface area contributed by atoms with Crippen molar-refractivity contribution >= 4 is 22.7 Å². The Hall–Kier alpha value is -5.04. The van der Waals surface area contributed by atoms with E-state index in [0.29, 0.717) is 18.3 Å². The van der Waals surface area contributed by atoms with E-state index < -0.39 is 0 Å². The Morgan fingerprint density at radius 2 is 1.88 bits per heavy atom. The summed E-state index contributed by atoms with van der Waals surface area (Å²) in [5, 5.41) is 30.0. The van der Waals surface area contributed by atoms with Crippen molar-refractivity contribution in [1.82, 2.24) is 35.5 Å². The highest BCUT2D eigenvalue weighted by Gasteiger charge is 2.16. The second-order valence-electron chi connectivity index (χ2n) is 10.0. The molecule has 0 radical (unpaired) electrons. The molecular formula is C30H32N10. The van der Waals surface area contributed by atoms with Gasteiger partial charge in [0.2, 0.25) is 12.2 Å². The number of nitrogens with one attached hydrogen (secondary N) is 3. The van der Waals surface area contributed by atoms with Gasteiger partial charge in [-0.3, -0.25) is 0 Å². The van der Waals surface area contributed by atoms with Crippen molar-refractivity contribution in [3.63, 3.8) is 0 Å². The van der Waals surface area contributed by atoms with Crippen LogP contribution in [0, 0.1) is 18.4 Å². The first-order valence-electron chi connectivity index (χ1n) is 13.4. The first-order valence-corrected chi connectivity index (χ1v) is 13.4. The van der Waals surface area contributed by atoms with Crippen LogP contribution < -0.4 is 10.6 Å². The molecule has 5 aromatic rings. The minimum Gasteiger partial charge on any atom is -0.353 e. The maximum atomic E-state index is 9.14. The number of tetrazole rings is 1. The molecule has 0 aliphatic heterocycles. The van der Waals surface area contributed by atoms with E-state index in [-0.39, 0.29) is 6.04 Å². The van der Waals surface area contributed by atoms with Gasteiger partial charge in [-0.15, -0.1) is 10.1 Å². The Labute approximate surface area is 233 Å². The summed E-state index contributed by atoms with van der Waals surface area (Å²) < 4.78 is 2.29. The van der Waals surface area contributed by atoms with Crippen LogP contribution in [0.15, 0.2) is 65.7 Å². The standard InChI is InChI=1S/C30H32N10/c1-5-8-27-35-28-20(4)15-23(34-30(32-18-31)33-19(2)3)16-26(28)40(27)17-21-11-13-22(14-12-21)24-9-6-7-10-25(24)29-36-38-39-37-29/h6-7,9-16,19H,5,8,17H2,1-4H3,(H2,32,33,34)(H,36,37,38,39). The normalized spacial score (nSPS) is 11.7. The lowest BCUT2D eigenvalue weighted by Crippen LogP contribution is -2.35. The summed E-state index contributed by atoms with van der Waals surface area (Å²) in [4.78, 5) is 8.94. The van der Waals surface area contributed by atoms with Gasteiger partial charge in [0.05, 0.1) is 11.0 Å². The van der Waals surface area contributed by atoms with Gasteiger partial charge in [0.15, 0.2) is 5.82 Å². The highest BCUT2D eigenvalue weighted by Crippen LogP contribution is 2.31. The van der Waals surface area contributed by atoms with Crippen molar-refractivity contribution in [3.05, 3.63) is 77.6 Å². The smallest absolute Gasteiger partial charge is 0.211 e. The van der Waals surface area contributed by atoms with Gasteiger partial charge < -0.3 is 15.2 Å². The van der Waals surface area contributed by atoms with Crippen molar-refractivity contribution in [3.8, 4) is 28.7 Å². The summed E-state index contributed by atoms with van der Waals surface area (Å²) in [5.74, 6) is 2.12. The van der Waals surface area contributed by atoms with Crippen LogP contribution >= 0.6 is 0 Å². The van der Waals surface area contributed by atoms with Gasteiger partial charge in [0.25, 0.3) is 0 Å². The quantitative estimate of drug-likeness (QED) is 0.138.